The molecule has 4 aromatic rings. The second-order valence-corrected chi connectivity index (χ2v) is 9.21. The van der Waals surface area contributed by atoms with Crippen molar-refractivity contribution in [2.75, 3.05) is 11.4 Å². The van der Waals surface area contributed by atoms with Gasteiger partial charge in [-0.1, -0.05) is 48.5 Å². The molecule has 1 aromatic heterocycles. The summed E-state index contributed by atoms with van der Waals surface area (Å²) >= 11 is 0. The Morgan fingerprint density at radius 3 is 2.24 bits per heavy atom. The zero-order valence-electron chi connectivity index (χ0n) is 17.9. The molecule has 0 saturated heterocycles. The van der Waals surface area contributed by atoms with E-state index in [-0.39, 0.29) is 11.3 Å². The lowest BCUT2D eigenvalue weighted by atomic mass is 10.2. The van der Waals surface area contributed by atoms with E-state index in [1.807, 2.05) is 30.3 Å². The minimum Gasteiger partial charge on any atom is -0.441 e. The van der Waals surface area contributed by atoms with E-state index in [1.165, 1.54) is 11.4 Å². The Morgan fingerprint density at radius 2 is 1.58 bits per heavy atom. The number of oxazole rings is 1. The summed E-state index contributed by atoms with van der Waals surface area (Å²) in [5.74, 6) is 0.983. The number of hydrogen-bond donors (Lipinski definition) is 0. The van der Waals surface area contributed by atoms with Gasteiger partial charge in [-0.05, 0) is 36.4 Å². The molecule has 0 bridgehead atoms. The van der Waals surface area contributed by atoms with Gasteiger partial charge in [0.2, 0.25) is 0 Å². The number of carbonyl (C=O) groups excluding carboxylic acids is 1. The van der Waals surface area contributed by atoms with Crippen LogP contribution in [0.2, 0.25) is 0 Å². The number of benzene rings is 3. The van der Waals surface area contributed by atoms with Gasteiger partial charge in [-0.15, -0.1) is 0 Å². The van der Waals surface area contributed by atoms with Crippen molar-refractivity contribution in [1.82, 2.24) is 4.98 Å². The fraction of sp³-hybridized carbons (Fsp3) is 0.120. The van der Waals surface area contributed by atoms with Crippen molar-refractivity contribution in [2.24, 2.45) is 0 Å². The lowest BCUT2D eigenvalue weighted by molar-refractivity contribution is -0.134. The smallest absolute Gasteiger partial charge is 0.311 e. The first-order valence-corrected chi connectivity index (χ1v) is 11.7. The molecule has 8 heteroatoms. The molecule has 0 atom stereocenters. The first kappa shape index (κ1) is 22.3. The summed E-state index contributed by atoms with van der Waals surface area (Å²) in [5, 5.41) is 0. The van der Waals surface area contributed by atoms with Crippen LogP contribution >= 0.6 is 0 Å². The number of ether oxygens (including phenoxy) is 1. The number of rotatable bonds is 8. The highest BCUT2D eigenvalue weighted by Crippen LogP contribution is 2.25. The van der Waals surface area contributed by atoms with Crippen LogP contribution in [0.25, 0.3) is 11.3 Å². The van der Waals surface area contributed by atoms with Crippen LogP contribution in [0.5, 0.6) is 5.75 Å². The second-order valence-electron chi connectivity index (χ2n) is 7.24. The Kier molecular flexibility index (Phi) is 6.55. The molecule has 0 aliphatic rings. The Morgan fingerprint density at radius 1 is 0.939 bits per heavy atom. The highest BCUT2D eigenvalue weighted by Gasteiger charge is 2.21. The zero-order chi connectivity index (χ0) is 23.3. The van der Waals surface area contributed by atoms with Gasteiger partial charge in [0, 0.05) is 19.0 Å². The highest BCUT2D eigenvalue weighted by molar-refractivity contribution is 7.92. The largest absolute Gasteiger partial charge is 0.441 e. The van der Waals surface area contributed by atoms with Gasteiger partial charge in [-0.2, -0.15) is 0 Å². The summed E-state index contributed by atoms with van der Waals surface area (Å²) in [5.41, 5.74) is 1.37. The summed E-state index contributed by atoms with van der Waals surface area (Å²) in [6, 6.07) is 24.1. The van der Waals surface area contributed by atoms with Crippen molar-refractivity contribution in [3.63, 3.8) is 0 Å². The molecule has 0 radical (unpaired) electrons. The van der Waals surface area contributed by atoms with Crippen molar-refractivity contribution in [1.29, 1.82) is 0 Å². The summed E-state index contributed by atoms with van der Waals surface area (Å²) in [7, 11) is -2.20. The Balaban J connectivity index is 1.33. The third kappa shape index (κ3) is 5.30. The molecule has 0 fully saturated rings. The summed E-state index contributed by atoms with van der Waals surface area (Å²) < 4.78 is 37.7. The maximum absolute atomic E-state index is 12.7. The first-order valence-electron chi connectivity index (χ1n) is 10.3. The molecule has 1 heterocycles. The van der Waals surface area contributed by atoms with Gasteiger partial charge >= 0.3 is 5.97 Å². The fourth-order valence-corrected chi connectivity index (χ4v) is 4.38. The zero-order valence-corrected chi connectivity index (χ0v) is 18.7. The summed E-state index contributed by atoms with van der Waals surface area (Å²) in [4.78, 5) is 16.6. The van der Waals surface area contributed by atoms with Gasteiger partial charge < -0.3 is 9.15 Å². The van der Waals surface area contributed by atoms with Gasteiger partial charge in [0.05, 0.1) is 23.2 Å². The molecular formula is C25H22N2O5S. The molecule has 4 rings (SSSR count). The summed E-state index contributed by atoms with van der Waals surface area (Å²) in [6.07, 6.45) is 2.04. The Labute approximate surface area is 192 Å². The van der Waals surface area contributed by atoms with E-state index in [9.17, 15) is 13.2 Å². The van der Waals surface area contributed by atoms with Crippen LogP contribution in [0.4, 0.5) is 5.69 Å². The van der Waals surface area contributed by atoms with E-state index >= 15 is 0 Å². The van der Waals surface area contributed by atoms with E-state index < -0.39 is 16.0 Å². The topological polar surface area (TPSA) is 89.7 Å². The van der Waals surface area contributed by atoms with Crippen molar-refractivity contribution in [2.45, 2.75) is 17.7 Å². The molecule has 0 amide bonds. The van der Waals surface area contributed by atoms with Crippen molar-refractivity contribution in [3.05, 3.63) is 97.0 Å². The highest BCUT2D eigenvalue weighted by atomic mass is 32.2. The number of carbonyl (C=O) groups is 1. The maximum Gasteiger partial charge on any atom is 0.311 e. The second kappa shape index (κ2) is 9.70. The Hall–Kier alpha value is -3.91. The number of esters is 1. The molecule has 0 aliphatic carbocycles. The van der Waals surface area contributed by atoms with Crippen LogP contribution in [-0.4, -0.2) is 26.4 Å². The molecule has 168 valence electrons. The predicted molar refractivity (Wildman–Crippen MR) is 124 cm³/mol. The number of aryl methyl sites for hydroxylation is 1. The van der Waals surface area contributed by atoms with Crippen LogP contribution in [0.15, 0.2) is 100 Å². The van der Waals surface area contributed by atoms with E-state index in [1.54, 1.807) is 60.8 Å². The molecule has 0 spiro atoms. The molecule has 0 unspecified atom stereocenters. The number of aromatic nitrogens is 1. The van der Waals surface area contributed by atoms with E-state index in [0.29, 0.717) is 29.5 Å². The Bertz CT molecular complexity index is 1320. The van der Waals surface area contributed by atoms with Crippen LogP contribution in [0.1, 0.15) is 12.3 Å². The van der Waals surface area contributed by atoms with Gasteiger partial charge in [-0.3, -0.25) is 9.10 Å². The number of sulfonamides is 1. The van der Waals surface area contributed by atoms with Crippen LogP contribution < -0.4 is 9.04 Å². The molecule has 0 N–H and O–H groups in total. The molecule has 0 aliphatic heterocycles. The fourth-order valence-electron chi connectivity index (χ4n) is 3.17. The van der Waals surface area contributed by atoms with Crippen LogP contribution in [0, 0.1) is 0 Å². The molecule has 0 saturated carbocycles. The average Bonchev–Trinajstić information content (AvgIpc) is 3.33. The molecular weight excluding hydrogens is 440 g/mol. The SMILES string of the molecule is CN(c1ccc(OC(=O)CCc2ncc(-c3ccccc3)o2)cc1)S(=O)(=O)c1ccccc1. The molecule has 3 aromatic carbocycles. The first-order chi connectivity index (χ1) is 15.9. The van der Waals surface area contributed by atoms with Gasteiger partial charge in [-0.25, -0.2) is 13.4 Å². The minimum absolute atomic E-state index is 0.0960. The summed E-state index contributed by atoms with van der Waals surface area (Å²) in [6.45, 7) is 0. The number of anilines is 1. The van der Waals surface area contributed by atoms with Crippen molar-refractivity contribution in [3.8, 4) is 17.1 Å². The normalized spacial score (nSPS) is 11.2. The molecule has 33 heavy (non-hydrogen) atoms. The quantitative estimate of drug-likeness (QED) is 0.278. The van der Waals surface area contributed by atoms with E-state index in [2.05, 4.69) is 4.98 Å². The third-order valence-electron chi connectivity index (χ3n) is 4.99. The van der Waals surface area contributed by atoms with Crippen LogP contribution in [-0.2, 0) is 21.2 Å². The van der Waals surface area contributed by atoms with Gasteiger partial charge in [0.25, 0.3) is 10.0 Å². The standard InChI is InChI=1S/C25H22N2O5S/c1-27(33(29,30)22-10-6-3-7-11-22)20-12-14-21(15-13-20)31-25(28)17-16-24-26-18-23(32-24)19-8-4-2-5-9-19/h2-15,18H,16-17H2,1H3. The van der Waals surface area contributed by atoms with Crippen LogP contribution in [0.3, 0.4) is 0 Å². The van der Waals surface area contributed by atoms with Crippen molar-refractivity contribution < 1.29 is 22.4 Å². The lowest BCUT2D eigenvalue weighted by Gasteiger charge is -2.19. The average molecular weight is 463 g/mol. The third-order valence-corrected chi connectivity index (χ3v) is 6.79. The van der Waals surface area contributed by atoms with E-state index in [4.69, 9.17) is 9.15 Å². The predicted octanol–water partition coefficient (Wildman–Crippen LogP) is 4.70. The van der Waals surface area contributed by atoms with Crippen molar-refractivity contribution >= 4 is 21.7 Å². The maximum atomic E-state index is 12.7. The molecule has 7 nitrogen and oxygen atoms in total. The number of nitrogens with zero attached hydrogens (tertiary/aromatic N) is 2. The number of hydrogen-bond acceptors (Lipinski definition) is 6. The van der Waals surface area contributed by atoms with Gasteiger partial charge in [0.15, 0.2) is 11.7 Å². The monoisotopic (exact) mass is 462 g/mol. The minimum atomic E-state index is -3.68. The van der Waals surface area contributed by atoms with E-state index in [0.717, 1.165) is 5.56 Å². The lowest BCUT2D eigenvalue weighted by Crippen LogP contribution is -2.26. The van der Waals surface area contributed by atoms with Gasteiger partial charge in [0.1, 0.15) is 5.75 Å².